The summed E-state index contributed by atoms with van der Waals surface area (Å²) in [4.78, 5) is 0. The van der Waals surface area contributed by atoms with Gasteiger partial charge in [0, 0.05) is 23.7 Å². The molecule has 2 saturated carbocycles. The Labute approximate surface area is 103 Å². The molecule has 3 aliphatic rings. The SMILES string of the molecule is ClC1(Cl)C2C=CC3C(C=CC21)C3(Cl)Cl. The third kappa shape index (κ3) is 1.15. The summed E-state index contributed by atoms with van der Waals surface area (Å²) >= 11 is 24.4. The molecule has 76 valence electrons. The van der Waals surface area contributed by atoms with Gasteiger partial charge in [0.1, 0.15) is 8.67 Å². The third-order valence-corrected chi connectivity index (χ3v) is 5.40. The van der Waals surface area contributed by atoms with Crippen LogP contribution in [0.3, 0.4) is 0 Å². The van der Waals surface area contributed by atoms with Crippen LogP contribution in [0.1, 0.15) is 0 Å². The van der Waals surface area contributed by atoms with Gasteiger partial charge in [-0.1, -0.05) is 24.3 Å². The lowest BCUT2D eigenvalue weighted by Gasteiger charge is -1.93. The standard InChI is InChI=1S/C10H8Cl4/c11-9(12)5-1-2-6-8(10(6,13)14)4-3-7(5)9/h1-8H. The Hall–Kier alpha value is 0.640. The highest BCUT2D eigenvalue weighted by molar-refractivity contribution is 6.52. The van der Waals surface area contributed by atoms with Crippen molar-refractivity contribution in [3.63, 3.8) is 0 Å². The van der Waals surface area contributed by atoms with Gasteiger partial charge in [0.05, 0.1) is 0 Å². The molecule has 4 atom stereocenters. The maximum Gasteiger partial charge on any atom is 0.132 e. The van der Waals surface area contributed by atoms with Gasteiger partial charge in [-0.25, -0.2) is 0 Å². The normalized spacial score (nSPS) is 50.0. The van der Waals surface area contributed by atoms with Crippen molar-refractivity contribution in [3.8, 4) is 0 Å². The first kappa shape index (κ1) is 9.84. The van der Waals surface area contributed by atoms with E-state index >= 15 is 0 Å². The number of fused-ring (bicyclic) bond motifs is 2. The molecule has 2 fully saturated rings. The van der Waals surface area contributed by atoms with E-state index < -0.39 is 8.67 Å². The lowest BCUT2D eigenvalue weighted by molar-refractivity contribution is 0.907. The molecule has 4 unspecified atom stereocenters. The fourth-order valence-electron chi connectivity index (χ4n) is 2.22. The highest BCUT2D eigenvalue weighted by Crippen LogP contribution is 2.66. The predicted octanol–water partition coefficient (Wildman–Crippen LogP) is 3.95. The van der Waals surface area contributed by atoms with Gasteiger partial charge in [-0.05, 0) is 0 Å². The van der Waals surface area contributed by atoms with Gasteiger partial charge in [0.15, 0.2) is 0 Å². The average molecular weight is 270 g/mol. The molecule has 0 aromatic heterocycles. The lowest BCUT2D eigenvalue weighted by Crippen LogP contribution is -1.90. The van der Waals surface area contributed by atoms with Crippen molar-refractivity contribution in [1.82, 2.24) is 0 Å². The quantitative estimate of drug-likeness (QED) is 0.461. The molecule has 0 aliphatic heterocycles. The summed E-state index contributed by atoms with van der Waals surface area (Å²) < 4.78 is -1.21. The topological polar surface area (TPSA) is 0 Å². The first-order valence-corrected chi connectivity index (χ1v) is 6.09. The zero-order valence-corrected chi connectivity index (χ0v) is 10.2. The molecule has 0 spiro atoms. The number of rotatable bonds is 0. The number of alkyl halides is 4. The monoisotopic (exact) mass is 268 g/mol. The van der Waals surface area contributed by atoms with E-state index in [2.05, 4.69) is 24.3 Å². The molecule has 0 heterocycles. The Morgan fingerprint density at radius 1 is 0.571 bits per heavy atom. The van der Waals surface area contributed by atoms with Crippen LogP contribution in [0.15, 0.2) is 24.3 Å². The molecule has 0 aromatic carbocycles. The van der Waals surface area contributed by atoms with Crippen LogP contribution in [0.4, 0.5) is 0 Å². The summed E-state index contributed by atoms with van der Waals surface area (Å²) in [5, 5.41) is 0. The van der Waals surface area contributed by atoms with E-state index in [1.54, 1.807) is 0 Å². The second-order valence-electron chi connectivity index (χ2n) is 4.22. The van der Waals surface area contributed by atoms with Gasteiger partial charge in [-0.3, -0.25) is 0 Å². The lowest BCUT2D eigenvalue weighted by atomic mass is 10.1. The smallest absolute Gasteiger partial charge is 0.100 e. The van der Waals surface area contributed by atoms with Crippen LogP contribution < -0.4 is 0 Å². The van der Waals surface area contributed by atoms with Gasteiger partial charge in [-0.15, -0.1) is 46.4 Å². The predicted molar refractivity (Wildman–Crippen MR) is 61.1 cm³/mol. The molecule has 3 aliphatic carbocycles. The first-order chi connectivity index (χ1) is 6.45. The second kappa shape index (κ2) is 2.66. The molecule has 0 N–H and O–H groups in total. The molecule has 0 aromatic rings. The van der Waals surface area contributed by atoms with Crippen LogP contribution in [0, 0.1) is 23.7 Å². The Balaban J connectivity index is 1.88. The molecular formula is C10H8Cl4. The Kier molecular flexibility index (Phi) is 1.87. The number of halogens is 4. The van der Waals surface area contributed by atoms with Gasteiger partial charge in [-0.2, -0.15) is 0 Å². The van der Waals surface area contributed by atoms with Crippen LogP contribution in [-0.2, 0) is 0 Å². The third-order valence-electron chi connectivity index (χ3n) is 3.38. The summed E-state index contributed by atoms with van der Waals surface area (Å²) in [6, 6.07) is 0. The van der Waals surface area contributed by atoms with Gasteiger partial charge < -0.3 is 0 Å². The molecule has 14 heavy (non-hydrogen) atoms. The minimum absolute atomic E-state index is 0.229. The van der Waals surface area contributed by atoms with Crippen LogP contribution in [0.5, 0.6) is 0 Å². The fourth-order valence-corrected chi connectivity index (χ4v) is 3.64. The van der Waals surface area contributed by atoms with Crippen molar-refractivity contribution in [1.29, 1.82) is 0 Å². The molecule has 0 amide bonds. The fraction of sp³-hybridized carbons (Fsp3) is 0.600. The van der Waals surface area contributed by atoms with Gasteiger partial charge in [0.25, 0.3) is 0 Å². The molecule has 0 saturated heterocycles. The Bertz CT molecular complexity index is 280. The maximum absolute atomic E-state index is 6.09. The van der Waals surface area contributed by atoms with Crippen LogP contribution in [0.2, 0.25) is 0 Å². The number of hydrogen-bond donors (Lipinski definition) is 0. The molecule has 0 radical (unpaired) electrons. The minimum atomic E-state index is -0.606. The molecular weight excluding hydrogens is 262 g/mol. The average Bonchev–Trinajstić information content (AvgIpc) is 2.67. The van der Waals surface area contributed by atoms with E-state index in [0.717, 1.165) is 0 Å². The zero-order chi connectivity index (χ0) is 10.1. The van der Waals surface area contributed by atoms with E-state index in [1.807, 2.05) is 0 Å². The second-order valence-corrected chi connectivity index (χ2v) is 7.11. The molecule has 0 nitrogen and oxygen atoms in total. The highest BCUT2D eigenvalue weighted by Gasteiger charge is 2.65. The minimum Gasteiger partial charge on any atom is -0.100 e. The molecule has 3 rings (SSSR count). The van der Waals surface area contributed by atoms with Gasteiger partial charge >= 0.3 is 0 Å². The number of allylic oxidation sites excluding steroid dienone is 4. The van der Waals surface area contributed by atoms with Crippen molar-refractivity contribution in [2.45, 2.75) is 8.67 Å². The van der Waals surface area contributed by atoms with Crippen LogP contribution >= 0.6 is 46.4 Å². The van der Waals surface area contributed by atoms with Crippen molar-refractivity contribution in [2.24, 2.45) is 23.7 Å². The zero-order valence-electron chi connectivity index (χ0n) is 7.13. The van der Waals surface area contributed by atoms with Crippen LogP contribution in [0.25, 0.3) is 0 Å². The van der Waals surface area contributed by atoms with E-state index in [1.165, 1.54) is 0 Å². The van der Waals surface area contributed by atoms with E-state index in [0.29, 0.717) is 0 Å². The van der Waals surface area contributed by atoms with E-state index in [9.17, 15) is 0 Å². The first-order valence-electron chi connectivity index (χ1n) is 4.58. The Morgan fingerprint density at radius 3 is 1.00 bits per heavy atom. The van der Waals surface area contributed by atoms with E-state index in [-0.39, 0.29) is 23.7 Å². The summed E-state index contributed by atoms with van der Waals surface area (Å²) in [5.41, 5.74) is 0. The molecule has 0 bridgehead atoms. The van der Waals surface area contributed by atoms with Crippen molar-refractivity contribution < 1.29 is 0 Å². The number of hydrogen-bond acceptors (Lipinski definition) is 0. The summed E-state index contributed by atoms with van der Waals surface area (Å²) in [7, 11) is 0. The largest absolute Gasteiger partial charge is 0.132 e. The molecule has 4 heteroatoms. The summed E-state index contributed by atoms with van der Waals surface area (Å²) in [5.74, 6) is 0.918. The summed E-state index contributed by atoms with van der Waals surface area (Å²) in [6.45, 7) is 0. The van der Waals surface area contributed by atoms with E-state index in [4.69, 9.17) is 46.4 Å². The van der Waals surface area contributed by atoms with Gasteiger partial charge in [0.2, 0.25) is 0 Å². The van der Waals surface area contributed by atoms with Crippen molar-refractivity contribution in [2.75, 3.05) is 0 Å². The maximum atomic E-state index is 6.09. The van der Waals surface area contributed by atoms with Crippen molar-refractivity contribution >= 4 is 46.4 Å². The van der Waals surface area contributed by atoms with Crippen molar-refractivity contribution in [3.05, 3.63) is 24.3 Å². The highest BCUT2D eigenvalue weighted by atomic mass is 35.5. The van der Waals surface area contributed by atoms with Crippen LogP contribution in [-0.4, -0.2) is 8.67 Å². The Morgan fingerprint density at radius 2 is 0.786 bits per heavy atom. The summed E-state index contributed by atoms with van der Waals surface area (Å²) in [6.07, 6.45) is 8.22.